The molecule has 3 aromatic carbocycles. The van der Waals surface area contributed by atoms with Crippen molar-refractivity contribution < 1.29 is 27.5 Å². The number of hydrogen-bond donors (Lipinski definition) is 1. The van der Waals surface area contributed by atoms with Crippen LogP contribution in [0.1, 0.15) is 23.6 Å². The number of carbonyl (C=O) groups excluding carboxylic acids is 1. The third kappa shape index (κ3) is 5.88. The Labute approximate surface area is 205 Å². The van der Waals surface area contributed by atoms with Gasteiger partial charge in [0.05, 0.1) is 30.3 Å². The maximum absolute atomic E-state index is 13.3. The van der Waals surface area contributed by atoms with Crippen LogP contribution < -0.4 is 4.90 Å². The van der Waals surface area contributed by atoms with Gasteiger partial charge in [-0.25, -0.2) is 9.24 Å². The molecule has 0 aliphatic carbocycles. The van der Waals surface area contributed by atoms with Crippen LogP contribution in [0.2, 0.25) is 0 Å². The second-order valence-corrected chi connectivity index (χ2v) is 8.54. The minimum absolute atomic E-state index is 0.0274. The Kier molecular flexibility index (Phi) is 7.47. The fourth-order valence-electron chi connectivity index (χ4n) is 3.77. The van der Waals surface area contributed by atoms with E-state index in [-0.39, 0.29) is 12.1 Å². The number of carbonyl (C=O) groups is 1. The molecule has 0 saturated heterocycles. The zero-order valence-corrected chi connectivity index (χ0v) is 19.4. The van der Waals surface area contributed by atoms with Crippen LogP contribution in [-0.2, 0) is 17.4 Å². The number of benzene rings is 3. The Morgan fingerprint density at radius 3 is 2.36 bits per heavy atom. The molecule has 0 spiro atoms. The minimum Gasteiger partial charge on any atom is -0.380 e. The zero-order valence-electron chi connectivity index (χ0n) is 19.4. The summed E-state index contributed by atoms with van der Waals surface area (Å²) in [4.78, 5) is 17.3. The highest BCUT2D eigenvalue weighted by molar-refractivity contribution is 5.89. The van der Waals surface area contributed by atoms with Gasteiger partial charge < -0.3 is 10.0 Å². The average molecular weight is 495 g/mol. The predicted octanol–water partition coefficient (Wildman–Crippen LogP) is 5.93. The topological polar surface area (TPSA) is 68.7 Å². The second-order valence-electron chi connectivity index (χ2n) is 8.54. The number of ketones is 1. The number of anilines is 1. The van der Waals surface area contributed by atoms with Crippen LogP contribution in [0.5, 0.6) is 0 Å². The van der Waals surface area contributed by atoms with E-state index >= 15 is 0 Å². The molecule has 184 valence electrons. The van der Waals surface area contributed by atoms with Gasteiger partial charge in [0.2, 0.25) is 0 Å². The molecule has 1 atom stereocenters. The van der Waals surface area contributed by atoms with Gasteiger partial charge in [-0.1, -0.05) is 30.3 Å². The molecule has 36 heavy (non-hydrogen) atoms. The van der Waals surface area contributed by atoms with E-state index in [1.165, 1.54) is 37.3 Å². The fraction of sp³-hybridized carbons (Fsp3) is 0.222. The molecule has 0 unspecified atom stereocenters. The molecule has 0 amide bonds. The first-order valence-electron chi connectivity index (χ1n) is 10.7. The highest BCUT2D eigenvalue weighted by Gasteiger charge is 2.35. The van der Waals surface area contributed by atoms with Crippen LogP contribution in [0.4, 0.5) is 28.9 Å². The molecule has 0 fully saturated rings. The zero-order chi connectivity index (χ0) is 26.7. The monoisotopic (exact) mass is 495 g/mol. The number of Topliss-reactive ketones (excluding diaryl/α,β-unsaturated/α-hetero) is 1. The van der Waals surface area contributed by atoms with Crippen molar-refractivity contribution in [2.75, 3.05) is 18.5 Å². The van der Waals surface area contributed by atoms with Crippen LogP contribution in [-0.4, -0.2) is 30.1 Å². The number of nitrogens with zero attached hydrogens (tertiary/aromatic N) is 3. The molecule has 3 rings (SSSR count). The number of likely N-dealkylation sites (N-methyl/N-ethyl adjacent to an activating group) is 1. The van der Waals surface area contributed by atoms with Crippen molar-refractivity contribution in [3.63, 3.8) is 0 Å². The van der Waals surface area contributed by atoms with Crippen molar-refractivity contribution in [3.8, 4) is 17.2 Å². The normalized spacial score (nSPS) is 12.8. The van der Waals surface area contributed by atoms with E-state index in [0.29, 0.717) is 22.4 Å². The predicted molar refractivity (Wildman–Crippen MR) is 127 cm³/mol. The third-order valence-corrected chi connectivity index (χ3v) is 5.72. The quantitative estimate of drug-likeness (QED) is 0.326. The lowest BCUT2D eigenvalue weighted by Crippen LogP contribution is -2.46. The van der Waals surface area contributed by atoms with E-state index in [9.17, 15) is 32.7 Å². The Bertz CT molecular complexity index is 1370. The summed E-state index contributed by atoms with van der Waals surface area (Å²) < 4.78 is 53.1. The molecule has 0 saturated carbocycles. The average Bonchev–Trinajstić information content (AvgIpc) is 2.83. The lowest BCUT2D eigenvalue weighted by Gasteiger charge is -2.30. The first-order chi connectivity index (χ1) is 16.9. The van der Waals surface area contributed by atoms with Crippen LogP contribution in [0.15, 0.2) is 60.7 Å². The van der Waals surface area contributed by atoms with Gasteiger partial charge in [-0.05, 0) is 48.4 Å². The van der Waals surface area contributed by atoms with Gasteiger partial charge in [0, 0.05) is 24.7 Å². The minimum atomic E-state index is -4.75. The van der Waals surface area contributed by atoms with Crippen molar-refractivity contribution >= 4 is 17.2 Å². The molecule has 0 bridgehead atoms. The molecule has 1 N–H and O–H groups in total. The lowest BCUT2D eigenvalue weighted by molar-refractivity contribution is -0.137. The summed E-state index contributed by atoms with van der Waals surface area (Å²) in [6, 6.07) is 15.6. The summed E-state index contributed by atoms with van der Waals surface area (Å²) in [5.74, 6) is -1.13. The summed E-state index contributed by atoms with van der Waals surface area (Å²) in [6.45, 7) is 8.00. The summed E-state index contributed by atoms with van der Waals surface area (Å²) in [6.07, 6.45) is -5.21. The largest absolute Gasteiger partial charge is 0.407 e. The van der Waals surface area contributed by atoms with Gasteiger partial charge in [-0.2, -0.15) is 18.4 Å². The number of hydrogen-bond acceptors (Lipinski definition) is 4. The summed E-state index contributed by atoms with van der Waals surface area (Å²) in [5, 5.41) is 20.3. The summed E-state index contributed by atoms with van der Waals surface area (Å²) in [5.41, 5.74) is -1.54. The van der Waals surface area contributed by atoms with Crippen LogP contribution in [0.3, 0.4) is 0 Å². The van der Waals surface area contributed by atoms with Crippen molar-refractivity contribution in [2.24, 2.45) is 0 Å². The third-order valence-electron chi connectivity index (χ3n) is 5.72. The number of rotatable bonds is 7. The van der Waals surface area contributed by atoms with Gasteiger partial charge in [0.1, 0.15) is 11.4 Å². The Hall–Kier alpha value is -4.21. The summed E-state index contributed by atoms with van der Waals surface area (Å²) in [7, 11) is 1.61. The number of aliphatic hydroxyl groups is 1. The molecule has 0 aromatic heterocycles. The van der Waals surface area contributed by atoms with E-state index in [4.69, 9.17) is 6.57 Å². The van der Waals surface area contributed by atoms with E-state index in [2.05, 4.69) is 10.9 Å². The van der Waals surface area contributed by atoms with Gasteiger partial charge in [0.25, 0.3) is 0 Å². The Balaban J connectivity index is 1.82. The molecule has 5 nitrogen and oxygen atoms in total. The SMILES string of the molecule is [C-]#[N+]c1ccc(CC(=O)[C@@](C)(O)CN(C)c2ccc(C#N)c(-c3ccc(F)cc3)c2)cc1C(F)(F)F. The fourth-order valence-corrected chi connectivity index (χ4v) is 3.77. The van der Waals surface area contributed by atoms with E-state index in [0.717, 1.165) is 12.1 Å². The lowest BCUT2D eigenvalue weighted by atomic mass is 9.93. The Morgan fingerprint density at radius 1 is 1.11 bits per heavy atom. The summed E-state index contributed by atoms with van der Waals surface area (Å²) >= 11 is 0. The van der Waals surface area contributed by atoms with Gasteiger partial charge in [-0.15, -0.1) is 0 Å². The maximum atomic E-state index is 13.3. The maximum Gasteiger partial charge on any atom is 0.407 e. The van der Waals surface area contributed by atoms with Gasteiger partial charge >= 0.3 is 6.18 Å². The second kappa shape index (κ2) is 10.2. The van der Waals surface area contributed by atoms with Gasteiger partial charge in [0.15, 0.2) is 11.5 Å². The van der Waals surface area contributed by atoms with Crippen molar-refractivity contribution in [1.82, 2.24) is 0 Å². The van der Waals surface area contributed by atoms with Crippen molar-refractivity contribution in [2.45, 2.75) is 25.1 Å². The molecular weight excluding hydrogens is 474 g/mol. The molecule has 0 radical (unpaired) electrons. The van der Waals surface area contributed by atoms with Crippen LogP contribution >= 0.6 is 0 Å². The number of alkyl halides is 3. The number of halogens is 4. The van der Waals surface area contributed by atoms with E-state index < -0.39 is 41.0 Å². The van der Waals surface area contributed by atoms with E-state index in [1.807, 2.05) is 0 Å². The smallest absolute Gasteiger partial charge is 0.380 e. The van der Waals surface area contributed by atoms with Crippen molar-refractivity contribution in [3.05, 3.63) is 94.6 Å². The molecule has 0 heterocycles. The highest BCUT2D eigenvalue weighted by Crippen LogP contribution is 2.37. The van der Waals surface area contributed by atoms with Gasteiger partial charge in [-0.3, -0.25) is 4.79 Å². The highest BCUT2D eigenvalue weighted by atomic mass is 19.4. The molecule has 3 aromatic rings. The number of nitriles is 1. The molecule has 0 aliphatic heterocycles. The van der Waals surface area contributed by atoms with Crippen LogP contribution in [0, 0.1) is 23.7 Å². The van der Waals surface area contributed by atoms with Crippen molar-refractivity contribution in [1.29, 1.82) is 5.26 Å². The standard InChI is InChI=1S/C27H21F4N3O2/c1-26(36,25(35)13-17-4-11-24(33-2)23(12-17)27(29,30)31)16-34(3)21-10-7-19(15-32)22(14-21)18-5-8-20(28)9-6-18/h4-12,14,36H,13,16H2,1,3H3/t26-/m0/s1. The first kappa shape index (κ1) is 26.4. The molecule has 9 heteroatoms. The Morgan fingerprint density at radius 2 is 1.78 bits per heavy atom. The first-order valence-corrected chi connectivity index (χ1v) is 10.7. The van der Waals surface area contributed by atoms with Crippen LogP contribution in [0.25, 0.3) is 16.0 Å². The molecule has 0 aliphatic rings. The molecular formula is C27H21F4N3O2. The van der Waals surface area contributed by atoms with E-state index in [1.54, 1.807) is 30.1 Å².